The third kappa shape index (κ3) is 6.64. The predicted octanol–water partition coefficient (Wildman–Crippen LogP) is 2.52. The Morgan fingerprint density at radius 3 is 2.43 bits per heavy atom. The molecule has 1 aromatic rings. The van der Waals surface area contributed by atoms with Crippen molar-refractivity contribution < 1.29 is 37.2 Å². The molecule has 1 unspecified atom stereocenters. The zero-order valence-electron chi connectivity index (χ0n) is 12.4. The van der Waals surface area contributed by atoms with Gasteiger partial charge in [-0.1, -0.05) is 12.1 Å². The van der Waals surface area contributed by atoms with E-state index in [1.54, 1.807) is 0 Å². The number of aliphatic hydroxyl groups is 1. The van der Waals surface area contributed by atoms with Gasteiger partial charge in [0.2, 0.25) is 0 Å². The van der Waals surface area contributed by atoms with Crippen molar-refractivity contribution in [1.82, 2.24) is 0 Å². The lowest BCUT2D eigenvalue weighted by Crippen LogP contribution is -2.30. The largest absolute Gasteiger partial charge is 0.573 e. The lowest BCUT2D eigenvalue weighted by atomic mass is 10.1. The van der Waals surface area contributed by atoms with E-state index in [-0.39, 0.29) is 25.1 Å². The van der Waals surface area contributed by atoms with Gasteiger partial charge in [0.15, 0.2) is 11.5 Å². The molecule has 5 nitrogen and oxygen atoms in total. The Hall–Kier alpha value is -1.51. The van der Waals surface area contributed by atoms with Crippen LogP contribution in [0, 0.1) is 0 Å². The van der Waals surface area contributed by atoms with Gasteiger partial charge in [-0.05, 0) is 25.0 Å². The van der Waals surface area contributed by atoms with E-state index in [0.29, 0.717) is 13.2 Å². The van der Waals surface area contributed by atoms with Crippen LogP contribution in [0.3, 0.4) is 0 Å². The van der Waals surface area contributed by atoms with Gasteiger partial charge in [-0.3, -0.25) is 0 Å². The lowest BCUT2D eigenvalue weighted by Gasteiger charge is -2.23. The number of benzene rings is 1. The molecule has 1 N–H and O–H groups in total. The summed E-state index contributed by atoms with van der Waals surface area (Å²) in [5.41, 5.74) is 0. The minimum Gasteiger partial charge on any atom is -0.487 e. The first-order valence-electron chi connectivity index (χ1n) is 7.29. The van der Waals surface area contributed by atoms with Crippen molar-refractivity contribution in [3.05, 3.63) is 24.3 Å². The van der Waals surface area contributed by atoms with Crippen LogP contribution < -0.4 is 9.47 Å². The Bertz CT molecular complexity index is 474. The average Bonchev–Trinajstić information content (AvgIpc) is 2.51. The van der Waals surface area contributed by atoms with Gasteiger partial charge in [0.05, 0.1) is 12.7 Å². The maximum absolute atomic E-state index is 12.3. The second-order valence-corrected chi connectivity index (χ2v) is 5.10. The molecule has 2 rings (SSSR count). The van der Waals surface area contributed by atoms with Crippen LogP contribution in [-0.4, -0.2) is 50.1 Å². The summed E-state index contributed by atoms with van der Waals surface area (Å²) in [6.45, 7) is 1.10. The highest BCUT2D eigenvalue weighted by atomic mass is 19.4. The molecule has 0 radical (unpaired) electrons. The Labute approximate surface area is 131 Å². The summed E-state index contributed by atoms with van der Waals surface area (Å²) in [6, 6.07) is 5.41. The van der Waals surface area contributed by atoms with Crippen molar-refractivity contribution in [3.63, 3.8) is 0 Å². The van der Waals surface area contributed by atoms with Gasteiger partial charge in [-0.25, -0.2) is 0 Å². The third-order valence-electron chi connectivity index (χ3n) is 3.20. The Balaban J connectivity index is 1.78. The van der Waals surface area contributed by atoms with Crippen LogP contribution in [0.4, 0.5) is 13.2 Å². The van der Waals surface area contributed by atoms with E-state index < -0.39 is 18.2 Å². The second kappa shape index (κ2) is 8.37. The fourth-order valence-electron chi connectivity index (χ4n) is 2.10. The summed E-state index contributed by atoms with van der Waals surface area (Å²) in [5, 5.41) is 9.82. The van der Waals surface area contributed by atoms with Gasteiger partial charge in [0.25, 0.3) is 0 Å². The first kappa shape index (κ1) is 17.8. The second-order valence-electron chi connectivity index (χ2n) is 5.10. The molecule has 23 heavy (non-hydrogen) atoms. The van der Waals surface area contributed by atoms with Crippen LogP contribution in [0.1, 0.15) is 12.8 Å². The molecular formula is C15H19F3O5. The summed E-state index contributed by atoms with van der Waals surface area (Å²) >= 11 is 0. The zero-order valence-corrected chi connectivity index (χ0v) is 12.4. The summed E-state index contributed by atoms with van der Waals surface area (Å²) < 4.78 is 56.7. The van der Waals surface area contributed by atoms with Crippen molar-refractivity contribution in [2.45, 2.75) is 31.4 Å². The smallest absolute Gasteiger partial charge is 0.487 e. The maximum atomic E-state index is 12.3. The number of aliphatic hydroxyl groups excluding tert-OH is 1. The monoisotopic (exact) mass is 336 g/mol. The summed E-state index contributed by atoms with van der Waals surface area (Å²) in [6.07, 6.45) is -4.20. The SMILES string of the molecule is OC(COc1ccccc1OC(F)(F)F)COC1CCOCC1. The number of hydrogen-bond donors (Lipinski definition) is 1. The van der Waals surface area contributed by atoms with Gasteiger partial charge in [-0.2, -0.15) is 0 Å². The minimum absolute atomic E-state index is 0.0271. The van der Waals surface area contributed by atoms with E-state index in [1.807, 2.05) is 0 Å². The molecule has 8 heteroatoms. The summed E-state index contributed by atoms with van der Waals surface area (Å²) in [5.74, 6) is -0.535. The highest BCUT2D eigenvalue weighted by Gasteiger charge is 2.32. The molecule has 1 saturated heterocycles. The number of rotatable bonds is 7. The van der Waals surface area contributed by atoms with Gasteiger partial charge >= 0.3 is 6.36 Å². The highest BCUT2D eigenvalue weighted by Crippen LogP contribution is 2.31. The van der Waals surface area contributed by atoms with E-state index in [2.05, 4.69) is 4.74 Å². The van der Waals surface area contributed by atoms with Crippen molar-refractivity contribution in [2.75, 3.05) is 26.4 Å². The minimum atomic E-state index is -4.80. The molecule has 1 aliphatic rings. The van der Waals surface area contributed by atoms with Crippen LogP contribution in [0.5, 0.6) is 11.5 Å². The molecule has 1 heterocycles. The first-order chi connectivity index (χ1) is 10.9. The average molecular weight is 336 g/mol. The predicted molar refractivity (Wildman–Crippen MR) is 74.4 cm³/mol. The topological polar surface area (TPSA) is 57.2 Å². The van der Waals surface area contributed by atoms with Gasteiger partial charge in [-0.15, -0.1) is 13.2 Å². The molecule has 1 aromatic carbocycles. The Morgan fingerprint density at radius 2 is 1.78 bits per heavy atom. The molecule has 0 aliphatic carbocycles. The van der Waals surface area contributed by atoms with Crippen LogP contribution in [0.25, 0.3) is 0 Å². The fourth-order valence-corrected chi connectivity index (χ4v) is 2.10. The third-order valence-corrected chi connectivity index (χ3v) is 3.20. The van der Waals surface area contributed by atoms with Gasteiger partial charge in [0.1, 0.15) is 12.7 Å². The zero-order chi connectivity index (χ0) is 16.7. The van der Waals surface area contributed by atoms with Gasteiger partial charge in [0, 0.05) is 13.2 Å². The van der Waals surface area contributed by atoms with Gasteiger partial charge < -0.3 is 24.1 Å². The Morgan fingerprint density at radius 1 is 1.13 bits per heavy atom. The highest BCUT2D eigenvalue weighted by molar-refractivity contribution is 5.39. The van der Waals surface area contributed by atoms with E-state index in [9.17, 15) is 18.3 Å². The first-order valence-corrected chi connectivity index (χ1v) is 7.29. The van der Waals surface area contributed by atoms with Crippen LogP contribution in [-0.2, 0) is 9.47 Å². The van der Waals surface area contributed by atoms with E-state index in [4.69, 9.17) is 14.2 Å². The van der Waals surface area contributed by atoms with E-state index >= 15 is 0 Å². The quantitative estimate of drug-likeness (QED) is 0.829. The van der Waals surface area contributed by atoms with Crippen LogP contribution in [0.2, 0.25) is 0 Å². The van der Waals surface area contributed by atoms with Crippen molar-refractivity contribution >= 4 is 0 Å². The number of para-hydroxylation sites is 2. The van der Waals surface area contributed by atoms with E-state index in [0.717, 1.165) is 18.9 Å². The van der Waals surface area contributed by atoms with Crippen molar-refractivity contribution in [2.24, 2.45) is 0 Å². The number of halogens is 3. The molecule has 130 valence electrons. The molecule has 0 saturated carbocycles. The normalized spacial score (nSPS) is 17.7. The molecule has 1 aliphatic heterocycles. The number of alkyl halides is 3. The molecule has 0 aromatic heterocycles. The number of ether oxygens (including phenoxy) is 4. The molecule has 0 bridgehead atoms. The van der Waals surface area contributed by atoms with Crippen molar-refractivity contribution in [3.8, 4) is 11.5 Å². The summed E-state index contributed by atoms with van der Waals surface area (Å²) in [7, 11) is 0. The van der Waals surface area contributed by atoms with Crippen LogP contribution in [0.15, 0.2) is 24.3 Å². The molecule has 1 atom stereocenters. The van der Waals surface area contributed by atoms with E-state index in [1.165, 1.54) is 18.2 Å². The molecule has 0 amide bonds. The van der Waals surface area contributed by atoms with Crippen LogP contribution >= 0.6 is 0 Å². The molecule has 1 fully saturated rings. The standard InChI is InChI=1S/C15H19F3O5/c16-15(17,18)23-14-4-2-1-3-13(14)22-10-11(19)9-21-12-5-7-20-8-6-12/h1-4,11-12,19H,5-10H2. The summed E-state index contributed by atoms with van der Waals surface area (Å²) in [4.78, 5) is 0. The number of hydrogen-bond acceptors (Lipinski definition) is 5. The fraction of sp³-hybridized carbons (Fsp3) is 0.600. The maximum Gasteiger partial charge on any atom is 0.573 e. The van der Waals surface area contributed by atoms with Crippen molar-refractivity contribution in [1.29, 1.82) is 0 Å². The molecule has 0 spiro atoms. The lowest BCUT2D eigenvalue weighted by molar-refractivity contribution is -0.275. The molecular weight excluding hydrogens is 317 g/mol. The Kier molecular flexibility index (Phi) is 6.49.